The van der Waals surface area contributed by atoms with Crippen LogP contribution in [0, 0.1) is 6.92 Å². The van der Waals surface area contributed by atoms with Gasteiger partial charge in [-0.3, -0.25) is 4.68 Å². The van der Waals surface area contributed by atoms with Crippen LogP contribution in [-0.2, 0) is 7.05 Å². The van der Waals surface area contributed by atoms with Gasteiger partial charge in [0.25, 0.3) is 0 Å². The Morgan fingerprint density at radius 3 is 3.00 bits per heavy atom. The third-order valence-electron chi connectivity index (χ3n) is 3.56. The van der Waals surface area contributed by atoms with Crippen molar-refractivity contribution in [3.8, 4) is 0 Å². The van der Waals surface area contributed by atoms with Crippen molar-refractivity contribution in [3.63, 3.8) is 0 Å². The van der Waals surface area contributed by atoms with E-state index in [-0.39, 0.29) is 0 Å². The van der Waals surface area contributed by atoms with E-state index in [1.807, 2.05) is 23.5 Å². The molecule has 3 nitrogen and oxygen atoms in total. The third-order valence-corrected chi connectivity index (χ3v) is 4.94. The van der Waals surface area contributed by atoms with Gasteiger partial charge in [0, 0.05) is 18.3 Å². The lowest BCUT2D eigenvalue weighted by Crippen LogP contribution is -2.35. The summed E-state index contributed by atoms with van der Waals surface area (Å²) in [5.41, 5.74) is 1.12. The van der Waals surface area contributed by atoms with Crippen LogP contribution in [0.3, 0.4) is 0 Å². The summed E-state index contributed by atoms with van der Waals surface area (Å²) in [6.07, 6.45) is 6.58. The molecule has 0 aliphatic heterocycles. The Hall–Kier alpha value is -0.480. The van der Waals surface area contributed by atoms with Gasteiger partial charge in [-0.15, -0.1) is 11.8 Å². The fourth-order valence-corrected chi connectivity index (χ4v) is 4.04. The molecule has 1 fully saturated rings. The van der Waals surface area contributed by atoms with Crippen LogP contribution in [0.15, 0.2) is 11.1 Å². The van der Waals surface area contributed by atoms with E-state index in [1.54, 1.807) is 0 Å². The van der Waals surface area contributed by atoms with Gasteiger partial charge in [0.15, 0.2) is 0 Å². The van der Waals surface area contributed by atoms with E-state index in [9.17, 15) is 0 Å². The zero-order chi connectivity index (χ0) is 13.0. The molecule has 0 amide bonds. The first-order valence-corrected chi connectivity index (χ1v) is 7.97. The molecular formula is C14H25N3S. The highest BCUT2D eigenvalue weighted by Crippen LogP contribution is 2.33. The maximum absolute atomic E-state index is 4.43. The second-order valence-corrected chi connectivity index (χ2v) is 6.63. The lowest BCUT2D eigenvalue weighted by molar-refractivity contribution is 0.381. The quantitative estimate of drug-likeness (QED) is 0.889. The van der Waals surface area contributed by atoms with E-state index in [2.05, 4.69) is 30.3 Å². The predicted octanol–water partition coefficient (Wildman–Crippen LogP) is 3.13. The number of aryl methyl sites for hydroxylation is 2. The summed E-state index contributed by atoms with van der Waals surface area (Å²) >= 11 is 2.01. The minimum absolute atomic E-state index is 0.727. The highest BCUT2D eigenvalue weighted by Gasteiger charge is 2.23. The van der Waals surface area contributed by atoms with Gasteiger partial charge in [0.2, 0.25) is 0 Å². The summed E-state index contributed by atoms with van der Waals surface area (Å²) in [6.45, 7) is 5.46. The maximum atomic E-state index is 4.43. The fraction of sp³-hybridized carbons (Fsp3) is 0.786. The lowest BCUT2D eigenvalue weighted by Gasteiger charge is -2.29. The molecule has 1 aromatic heterocycles. The van der Waals surface area contributed by atoms with Crippen molar-refractivity contribution in [3.05, 3.63) is 11.8 Å². The SMILES string of the molecule is CCCNC1CCCC(Sc2cc(C)nn2C)C1. The number of thioether (sulfide) groups is 1. The summed E-state index contributed by atoms with van der Waals surface area (Å²) in [5, 5.41) is 10.2. The molecular weight excluding hydrogens is 242 g/mol. The molecule has 18 heavy (non-hydrogen) atoms. The van der Waals surface area contributed by atoms with E-state index in [1.165, 1.54) is 37.1 Å². The van der Waals surface area contributed by atoms with Crippen LogP contribution in [0.25, 0.3) is 0 Å². The summed E-state index contributed by atoms with van der Waals surface area (Å²) in [5.74, 6) is 0. The Morgan fingerprint density at radius 1 is 1.50 bits per heavy atom. The normalized spacial score (nSPS) is 24.4. The van der Waals surface area contributed by atoms with Gasteiger partial charge < -0.3 is 5.32 Å². The van der Waals surface area contributed by atoms with Crippen LogP contribution in [0.2, 0.25) is 0 Å². The van der Waals surface area contributed by atoms with E-state index in [0.717, 1.165) is 23.5 Å². The molecule has 2 unspecified atom stereocenters. The molecule has 1 heterocycles. The van der Waals surface area contributed by atoms with Gasteiger partial charge in [-0.1, -0.05) is 13.3 Å². The Labute approximate surface area is 115 Å². The zero-order valence-electron chi connectivity index (χ0n) is 11.8. The van der Waals surface area contributed by atoms with Crippen LogP contribution in [0.5, 0.6) is 0 Å². The van der Waals surface area contributed by atoms with Gasteiger partial charge in [0.1, 0.15) is 0 Å². The van der Waals surface area contributed by atoms with Crippen molar-refractivity contribution in [1.82, 2.24) is 15.1 Å². The standard InChI is InChI=1S/C14H25N3S/c1-4-8-15-12-6-5-7-13(10-12)18-14-9-11(2)16-17(14)3/h9,12-13,15H,4-8,10H2,1-3H3. The summed E-state index contributed by atoms with van der Waals surface area (Å²) in [7, 11) is 2.05. The fourth-order valence-electron chi connectivity index (χ4n) is 2.65. The number of aromatic nitrogens is 2. The largest absolute Gasteiger partial charge is 0.314 e. The second kappa shape index (κ2) is 6.62. The lowest BCUT2D eigenvalue weighted by atomic mass is 9.95. The topological polar surface area (TPSA) is 29.9 Å². The predicted molar refractivity (Wildman–Crippen MR) is 78.1 cm³/mol. The highest BCUT2D eigenvalue weighted by molar-refractivity contribution is 7.99. The Kier molecular flexibility index (Phi) is 5.13. The zero-order valence-corrected chi connectivity index (χ0v) is 12.6. The first-order valence-electron chi connectivity index (χ1n) is 7.09. The van der Waals surface area contributed by atoms with Crippen LogP contribution in [-0.4, -0.2) is 27.6 Å². The van der Waals surface area contributed by atoms with Crippen molar-refractivity contribution < 1.29 is 0 Å². The summed E-state index contributed by atoms with van der Waals surface area (Å²) in [6, 6.07) is 2.93. The van der Waals surface area contributed by atoms with Crippen LogP contribution in [0.1, 0.15) is 44.7 Å². The smallest absolute Gasteiger partial charge is 0.0942 e. The van der Waals surface area contributed by atoms with Crippen molar-refractivity contribution in [2.24, 2.45) is 7.05 Å². The molecule has 0 radical (unpaired) electrons. The van der Waals surface area contributed by atoms with Gasteiger partial charge in [-0.25, -0.2) is 0 Å². The van der Waals surface area contributed by atoms with Gasteiger partial charge >= 0.3 is 0 Å². The van der Waals surface area contributed by atoms with Gasteiger partial charge in [-0.05, 0) is 45.2 Å². The molecule has 4 heteroatoms. The Morgan fingerprint density at radius 2 is 2.33 bits per heavy atom. The molecule has 0 spiro atoms. The number of hydrogen-bond acceptors (Lipinski definition) is 3. The number of nitrogens with zero attached hydrogens (tertiary/aromatic N) is 2. The summed E-state index contributed by atoms with van der Waals surface area (Å²) < 4.78 is 2.02. The maximum Gasteiger partial charge on any atom is 0.0942 e. The molecule has 1 aliphatic carbocycles. The van der Waals surface area contributed by atoms with Crippen molar-refractivity contribution in [2.75, 3.05) is 6.54 Å². The second-order valence-electron chi connectivity index (χ2n) is 5.31. The summed E-state index contributed by atoms with van der Waals surface area (Å²) in [4.78, 5) is 0. The van der Waals surface area contributed by atoms with Crippen LogP contribution < -0.4 is 5.32 Å². The van der Waals surface area contributed by atoms with E-state index in [4.69, 9.17) is 0 Å². The number of hydrogen-bond donors (Lipinski definition) is 1. The van der Waals surface area contributed by atoms with Crippen LogP contribution >= 0.6 is 11.8 Å². The van der Waals surface area contributed by atoms with E-state index >= 15 is 0 Å². The Bertz CT molecular complexity index is 375. The van der Waals surface area contributed by atoms with Crippen molar-refractivity contribution >= 4 is 11.8 Å². The molecule has 102 valence electrons. The molecule has 1 aliphatic rings. The minimum atomic E-state index is 0.727. The monoisotopic (exact) mass is 267 g/mol. The van der Waals surface area contributed by atoms with Crippen molar-refractivity contribution in [2.45, 2.75) is 62.3 Å². The molecule has 1 aromatic rings. The van der Waals surface area contributed by atoms with E-state index in [0.29, 0.717) is 0 Å². The van der Waals surface area contributed by atoms with E-state index < -0.39 is 0 Å². The average molecular weight is 267 g/mol. The molecule has 0 saturated heterocycles. The Balaban J connectivity index is 1.87. The van der Waals surface area contributed by atoms with Gasteiger partial charge in [0.05, 0.1) is 10.7 Å². The first kappa shape index (κ1) is 13.9. The molecule has 2 rings (SSSR count). The minimum Gasteiger partial charge on any atom is -0.314 e. The molecule has 0 bridgehead atoms. The van der Waals surface area contributed by atoms with Crippen molar-refractivity contribution in [1.29, 1.82) is 0 Å². The molecule has 2 atom stereocenters. The number of nitrogens with one attached hydrogen (secondary N) is 1. The average Bonchev–Trinajstić information content (AvgIpc) is 2.66. The first-order chi connectivity index (χ1) is 8.69. The highest BCUT2D eigenvalue weighted by atomic mass is 32.2. The third kappa shape index (κ3) is 3.75. The van der Waals surface area contributed by atoms with Crippen LogP contribution in [0.4, 0.5) is 0 Å². The molecule has 0 aromatic carbocycles. The van der Waals surface area contributed by atoms with Gasteiger partial charge in [-0.2, -0.15) is 5.10 Å². The molecule has 1 saturated carbocycles. The molecule has 1 N–H and O–H groups in total. The number of rotatable bonds is 5.